The number of para-hydroxylation sites is 1. The van der Waals surface area contributed by atoms with Gasteiger partial charge in [-0.2, -0.15) is 0 Å². The van der Waals surface area contributed by atoms with Crippen LogP contribution in [0.5, 0.6) is 5.75 Å². The number of hydrogen-bond acceptors (Lipinski definition) is 12. The topological polar surface area (TPSA) is 143 Å². The highest BCUT2D eigenvalue weighted by Crippen LogP contribution is 2.68. The number of aromatic nitrogens is 1. The summed E-state index contributed by atoms with van der Waals surface area (Å²) in [5.74, 6) is -1.34. The van der Waals surface area contributed by atoms with E-state index in [9.17, 15) is 14.7 Å². The van der Waals surface area contributed by atoms with Crippen molar-refractivity contribution in [3.05, 3.63) is 70.9 Å². The van der Waals surface area contributed by atoms with Gasteiger partial charge in [0.2, 0.25) is 5.60 Å². The Morgan fingerprint density at radius 1 is 0.983 bits per heavy atom. The molecule has 322 valence electrons. The van der Waals surface area contributed by atoms with Crippen molar-refractivity contribution in [2.75, 3.05) is 72.6 Å². The average molecular weight is 825 g/mol. The van der Waals surface area contributed by atoms with Crippen molar-refractivity contribution in [1.82, 2.24) is 14.8 Å². The predicted octanol–water partition coefficient (Wildman–Crippen LogP) is 4.65. The number of aromatic amines is 1. The number of ether oxygens (including phenoxy) is 5. The smallest absolute Gasteiger partial charge is 0.344 e. The van der Waals surface area contributed by atoms with Gasteiger partial charge in [0.15, 0.2) is 6.10 Å². The summed E-state index contributed by atoms with van der Waals surface area (Å²) in [7, 11) is 6.23. The Bertz CT molecular complexity index is 2270. The van der Waals surface area contributed by atoms with Crippen LogP contribution in [-0.2, 0) is 50.6 Å². The summed E-state index contributed by atoms with van der Waals surface area (Å²) in [4.78, 5) is 53.5. The first-order valence-electron chi connectivity index (χ1n) is 21.6. The van der Waals surface area contributed by atoms with E-state index < -0.39 is 57.5 Å². The molecule has 3 fully saturated rings. The van der Waals surface area contributed by atoms with Gasteiger partial charge in [-0.25, -0.2) is 4.79 Å². The van der Waals surface area contributed by atoms with Crippen LogP contribution in [0.4, 0.5) is 5.69 Å². The maximum atomic E-state index is 15.4. The second-order valence-electron chi connectivity index (χ2n) is 18.5. The van der Waals surface area contributed by atoms with E-state index in [2.05, 4.69) is 52.1 Å². The molecular formula is C47H60N4O9. The van der Waals surface area contributed by atoms with Crippen LogP contribution in [0.1, 0.15) is 75.8 Å². The largest absolute Gasteiger partial charge is 0.496 e. The molecule has 6 heterocycles. The molecule has 10 atom stereocenters. The van der Waals surface area contributed by atoms with Crippen molar-refractivity contribution in [2.45, 2.75) is 100 Å². The maximum absolute atomic E-state index is 15.4. The molecule has 2 unspecified atom stereocenters. The summed E-state index contributed by atoms with van der Waals surface area (Å²) >= 11 is 0. The fraction of sp³-hybridized carbons (Fsp3) is 0.596. The van der Waals surface area contributed by atoms with Gasteiger partial charge in [0.1, 0.15) is 11.2 Å². The van der Waals surface area contributed by atoms with Crippen LogP contribution in [0.2, 0.25) is 0 Å². The lowest BCUT2D eigenvalue weighted by atomic mass is 9.47. The minimum Gasteiger partial charge on any atom is -0.496 e. The van der Waals surface area contributed by atoms with E-state index in [4.69, 9.17) is 23.7 Å². The van der Waals surface area contributed by atoms with Crippen molar-refractivity contribution in [1.29, 1.82) is 0 Å². The third-order valence-electron chi connectivity index (χ3n) is 15.5. The van der Waals surface area contributed by atoms with E-state index in [0.29, 0.717) is 56.7 Å². The number of nitrogens with one attached hydrogen (secondary N) is 1. The zero-order valence-electron chi connectivity index (χ0n) is 36.3. The Labute approximate surface area is 352 Å². The number of hydrogen-bond donors (Lipinski definition) is 2. The Kier molecular flexibility index (Phi) is 9.77. The molecule has 2 bridgehead atoms. The van der Waals surface area contributed by atoms with Crippen molar-refractivity contribution < 1.29 is 43.2 Å². The zero-order chi connectivity index (χ0) is 42.6. The van der Waals surface area contributed by atoms with Crippen LogP contribution in [0.25, 0.3) is 10.9 Å². The number of rotatable bonds is 8. The molecule has 1 spiro atoms. The second-order valence-corrected chi connectivity index (χ2v) is 18.5. The molecule has 1 saturated carbocycles. The SMILES string of the molecule is CCO[C@]1(C)C[C@@H]2CN(CCc3c([nH]c4ccccc34)[C@@](C(=O)OC)(c3cc4c(cc3OC)N(C)C3[C@]45CCN4CC=C[C@@](CC)([C@@H](OC(C)=O)[C@]3(O)C(=O)OC)[C@H]45)C2)C1. The minimum absolute atomic E-state index is 0.0279. The molecule has 13 nitrogen and oxygen atoms in total. The standard InChI is InChI=1S/C47H60N4O9/c1-9-44-17-13-19-51-21-18-45(38(44)51)32-22-33(36(56-6)23-35(32)49(5)39(45)47(55,42(54)58-8)40(44)60-28(3)52)46(41(53)57-7)25-29-24-43(4,59-10-2)27-50(26-29)20-16-31-30-14-11-12-15-34(30)48-37(31)46/h11-15,17,22-23,29,38-40,48,55H,9-10,16,18-21,24-27H2,1-8H3/t29-,38-,39?,40+,43+,44+,45+,46-,47-/m0/s1. The molecule has 0 amide bonds. The van der Waals surface area contributed by atoms with Gasteiger partial charge in [-0.1, -0.05) is 37.3 Å². The number of piperidine rings is 1. The Morgan fingerprint density at radius 2 is 1.75 bits per heavy atom. The highest BCUT2D eigenvalue weighted by atomic mass is 16.6. The lowest BCUT2D eigenvalue weighted by Crippen LogP contribution is -2.81. The summed E-state index contributed by atoms with van der Waals surface area (Å²) in [5, 5.41) is 14.4. The van der Waals surface area contributed by atoms with Gasteiger partial charge in [0.25, 0.3) is 0 Å². The Morgan fingerprint density at radius 3 is 2.45 bits per heavy atom. The molecule has 2 saturated heterocycles. The number of carbonyl (C=O) groups excluding carboxylic acids is 3. The summed E-state index contributed by atoms with van der Waals surface area (Å²) in [6, 6.07) is 11.1. The van der Waals surface area contributed by atoms with Crippen LogP contribution in [0.15, 0.2) is 48.6 Å². The average Bonchev–Trinajstić information content (AvgIpc) is 3.90. The monoisotopic (exact) mass is 824 g/mol. The van der Waals surface area contributed by atoms with Gasteiger partial charge < -0.3 is 38.7 Å². The molecule has 3 aromatic rings. The Hall–Kier alpha value is -4.43. The number of carbonyl (C=O) groups is 3. The van der Waals surface area contributed by atoms with Gasteiger partial charge >= 0.3 is 17.9 Å². The first-order valence-corrected chi connectivity index (χ1v) is 21.6. The van der Waals surface area contributed by atoms with Crippen molar-refractivity contribution in [3.8, 4) is 5.75 Å². The van der Waals surface area contributed by atoms with Crippen LogP contribution in [0.3, 0.4) is 0 Å². The third-order valence-corrected chi connectivity index (χ3v) is 15.5. The quantitative estimate of drug-likeness (QED) is 0.186. The number of esters is 3. The van der Waals surface area contributed by atoms with E-state index in [0.717, 1.165) is 59.5 Å². The molecule has 13 heteroatoms. The lowest BCUT2D eigenvalue weighted by molar-refractivity contribution is -0.228. The number of fused-ring (bicyclic) bond motifs is 6. The van der Waals surface area contributed by atoms with Gasteiger partial charge in [0.05, 0.1) is 33.0 Å². The fourth-order valence-electron chi connectivity index (χ4n) is 13.8. The highest BCUT2D eigenvalue weighted by molar-refractivity contribution is 5.95. The van der Waals surface area contributed by atoms with Crippen molar-refractivity contribution in [2.24, 2.45) is 11.3 Å². The molecule has 9 rings (SSSR count). The summed E-state index contributed by atoms with van der Waals surface area (Å²) in [5.41, 5.74) is -0.808. The molecule has 60 heavy (non-hydrogen) atoms. The van der Waals surface area contributed by atoms with Crippen LogP contribution < -0.4 is 9.64 Å². The van der Waals surface area contributed by atoms with E-state index in [-0.39, 0.29) is 12.0 Å². The first kappa shape index (κ1) is 40.9. The first-order chi connectivity index (χ1) is 28.7. The number of methoxy groups -OCH3 is 3. The number of H-pyrrole nitrogens is 1. The molecule has 2 N–H and O–H groups in total. The summed E-state index contributed by atoms with van der Waals surface area (Å²) in [6.45, 7) is 11.9. The van der Waals surface area contributed by atoms with Gasteiger partial charge in [0, 0.05) is 97.5 Å². The van der Waals surface area contributed by atoms with Crippen molar-refractivity contribution >= 4 is 34.5 Å². The van der Waals surface area contributed by atoms with Crippen LogP contribution >= 0.6 is 0 Å². The number of likely N-dealkylation sites (N-methyl/N-ethyl adjacent to an activating group) is 1. The molecule has 1 aliphatic carbocycles. The molecule has 2 aromatic carbocycles. The molecular weight excluding hydrogens is 765 g/mol. The van der Waals surface area contributed by atoms with E-state index in [1.165, 1.54) is 21.1 Å². The minimum atomic E-state index is -2.29. The molecule has 0 radical (unpaired) electrons. The van der Waals surface area contributed by atoms with E-state index in [1.807, 2.05) is 44.0 Å². The normalized spacial score (nSPS) is 36.5. The fourth-order valence-corrected chi connectivity index (χ4v) is 13.8. The van der Waals surface area contributed by atoms with Crippen LogP contribution in [-0.4, -0.2) is 135 Å². The Balaban J connectivity index is 1.36. The predicted molar refractivity (Wildman–Crippen MR) is 225 cm³/mol. The summed E-state index contributed by atoms with van der Waals surface area (Å²) < 4.78 is 30.6. The van der Waals surface area contributed by atoms with Gasteiger partial charge in [-0.3, -0.25) is 19.4 Å². The molecule has 6 aliphatic rings. The number of anilines is 1. The van der Waals surface area contributed by atoms with E-state index in [1.54, 1.807) is 7.11 Å². The lowest BCUT2D eigenvalue weighted by Gasteiger charge is -2.63. The van der Waals surface area contributed by atoms with Crippen LogP contribution in [0, 0.1) is 11.3 Å². The highest BCUT2D eigenvalue weighted by Gasteiger charge is 2.80. The number of aliphatic hydroxyl groups is 1. The third kappa shape index (κ3) is 5.34. The number of benzene rings is 2. The van der Waals surface area contributed by atoms with Crippen molar-refractivity contribution in [3.63, 3.8) is 0 Å². The maximum Gasteiger partial charge on any atom is 0.344 e. The van der Waals surface area contributed by atoms with Gasteiger partial charge in [-0.15, -0.1) is 0 Å². The van der Waals surface area contributed by atoms with E-state index >= 15 is 4.79 Å². The molecule has 5 aliphatic heterocycles. The number of nitrogens with zero attached hydrogens (tertiary/aromatic N) is 3. The molecule has 1 aromatic heterocycles. The van der Waals surface area contributed by atoms with Gasteiger partial charge in [-0.05, 0) is 81.7 Å². The second kappa shape index (κ2) is 14.3. The summed E-state index contributed by atoms with van der Waals surface area (Å²) in [6.07, 6.45) is 5.80. The zero-order valence-corrected chi connectivity index (χ0v) is 36.3.